The Balaban J connectivity index is 2.12. The molecule has 1 aliphatic carbocycles. The van der Waals surface area contributed by atoms with E-state index in [9.17, 15) is 4.79 Å². The Hall–Kier alpha value is -1.20. The number of rotatable bonds is 6. The maximum absolute atomic E-state index is 12.1. The lowest BCUT2D eigenvalue weighted by molar-refractivity contribution is 0.181. The molecule has 0 unspecified atom stereocenters. The third-order valence-corrected chi connectivity index (χ3v) is 2.84. The van der Waals surface area contributed by atoms with E-state index in [1.54, 1.807) is 7.11 Å². The molecule has 1 fully saturated rings. The van der Waals surface area contributed by atoms with Gasteiger partial charge in [-0.3, -0.25) is 4.79 Å². The number of nitrogens with zero attached hydrogens (tertiary/aromatic N) is 2. The molecule has 1 N–H and O–H groups in total. The van der Waals surface area contributed by atoms with Crippen LogP contribution in [-0.4, -0.2) is 29.5 Å². The van der Waals surface area contributed by atoms with Crippen molar-refractivity contribution in [3.05, 3.63) is 27.7 Å². The molecule has 2 rings (SSSR count). The second-order valence-electron chi connectivity index (χ2n) is 4.49. The predicted molar refractivity (Wildman–Crippen MR) is 65.0 cm³/mol. The number of hydrogen-bond acceptors (Lipinski definition) is 4. The van der Waals surface area contributed by atoms with Crippen LogP contribution in [0.4, 0.5) is 0 Å². The first-order valence-corrected chi connectivity index (χ1v) is 6.00. The Bertz CT molecular complexity index is 438. The van der Waals surface area contributed by atoms with Gasteiger partial charge in [-0.15, -0.1) is 0 Å². The van der Waals surface area contributed by atoms with Gasteiger partial charge in [0.25, 0.3) is 5.56 Å². The van der Waals surface area contributed by atoms with Gasteiger partial charge in [-0.2, -0.15) is 5.10 Å². The summed E-state index contributed by atoms with van der Waals surface area (Å²) in [5.74, 6) is 0. The van der Waals surface area contributed by atoms with Gasteiger partial charge < -0.3 is 10.1 Å². The zero-order valence-electron chi connectivity index (χ0n) is 10.4. The first-order chi connectivity index (χ1) is 8.20. The van der Waals surface area contributed by atoms with Crippen LogP contribution in [-0.2, 0) is 17.8 Å². The molecule has 0 atom stereocenters. The van der Waals surface area contributed by atoms with Gasteiger partial charge in [-0.05, 0) is 25.8 Å². The molecule has 0 aliphatic heterocycles. The largest absolute Gasteiger partial charge is 0.383 e. The van der Waals surface area contributed by atoms with E-state index in [1.807, 2.05) is 13.0 Å². The summed E-state index contributed by atoms with van der Waals surface area (Å²) in [7, 11) is 1.62. The van der Waals surface area contributed by atoms with Crippen LogP contribution in [0.25, 0.3) is 0 Å². The summed E-state index contributed by atoms with van der Waals surface area (Å²) in [5, 5.41) is 7.56. The zero-order valence-corrected chi connectivity index (χ0v) is 10.4. The molecule has 0 aromatic carbocycles. The molecule has 1 aromatic rings. The van der Waals surface area contributed by atoms with E-state index in [2.05, 4.69) is 10.4 Å². The van der Waals surface area contributed by atoms with E-state index in [-0.39, 0.29) is 5.56 Å². The molecule has 0 spiro atoms. The minimum absolute atomic E-state index is 0.0131. The van der Waals surface area contributed by atoms with Crippen molar-refractivity contribution in [2.75, 3.05) is 13.7 Å². The van der Waals surface area contributed by atoms with Crippen LogP contribution in [0.2, 0.25) is 0 Å². The number of methoxy groups -OCH3 is 1. The maximum Gasteiger partial charge on any atom is 0.271 e. The fourth-order valence-electron chi connectivity index (χ4n) is 1.74. The number of nitrogens with one attached hydrogen (secondary N) is 1. The van der Waals surface area contributed by atoms with Gasteiger partial charge in [0.05, 0.1) is 18.8 Å². The van der Waals surface area contributed by atoms with Gasteiger partial charge in [0.15, 0.2) is 0 Å². The summed E-state index contributed by atoms with van der Waals surface area (Å²) in [6, 6.07) is 2.47. The average Bonchev–Trinajstić information content (AvgIpc) is 3.12. The van der Waals surface area contributed by atoms with Gasteiger partial charge in [0.2, 0.25) is 0 Å². The predicted octanol–water partition coefficient (Wildman–Crippen LogP) is 0.450. The Morgan fingerprint density at radius 2 is 2.35 bits per heavy atom. The molecule has 0 bridgehead atoms. The molecule has 0 radical (unpaired) electrons. The number of hydrogen-bond donors (Lipinski definition) is 1. The minimum atomic E-state index is -0.0131. The van der Waals surface area contributed by atoms with E-state index in [4.69, 9.17) is 4.74 Å². The van der Waals surface area contributed by atoms with Crippen LogP contribution in [0.3, 0.4) is 0 Å². The van der Waals surface area contributed by atoms with Crippen molar-refractivity contribution < 1.29 is 4.74 Å². The van der Waals surface area contributed by atoms with Crippen molar-refractivity contribution in [2.45, 2.75) is 38.9 Å². The topological polar surface area (TPSA) is 56.1 Å². The first-order valence-electron chi connectivity index (χ1n) is 6.00. The highest BCUT2D eigenvalue weighted by Gasteiger charge is 2.20. The lowest BCUT2D eigenvalue weighted by Gasteiger charge is -2.09. The van der Waals surface area contributed by atoms with Gasteiger partial charge >= 0.3 is 0 Å². The van der Waals surface area contributed by atoms with Crippen molar-refractivity contribution in [3.63, 3.8) is 0 Å². The van der Waals surface area contributed by atoms with E-state index in [0.717, 1.165) is 11.3 Å². The van der Waals surface area contributed by atoms with Crippen molar-refractivity contribution >= 4 is 0 Å². The fourth-order valence-corrected chi connectivity index (χ4v) is 1.74. The Kier molecular flexibility index (Phi) is 3.91. The third kappa shape index (κ3) is 3.38. The molecule has 5 nitrogen and oxygen atoms in total. The van der Waals surface area contributed by atoms with Gasteiger partial charge in [-0.25, -0.2) is 4.68 Å². The molecule has 0 amide bonds. The fraction of sp³-hybridized carbons (Fsp3) is 0.667. The lowest BCUT2D eigenvalue weighted by Crippen LogP contribution is -2.31. The summed E-state index contributed by atoms with van der Waals surface area (Å²) >= 11 is 0. The first kappa shape index (κ1) is 12.3. The highest BCUT2D eigenvalue weighted by molar-refractivity contribution is 5.13. The van der Waals surface area contributed by atoms with Crippen LogP contribution in [0.1, 0.15) is 24.1 Å². The maximum atomic E-state index is 12.1. The molecule has 0 saturated heterocycles. The second kappa shape index (κ2) is 5.42. The smallest absolute Gasteiger partial charge is 0.271 e. The lowest BCUT2D eigenvalue weighted by atomic mass is 10.2. The summed E-state index contributed by atoms with van der Waals surface area (Å²) in [4.78, 5) is 12.1. The van der Waals surface area contributed by atoms with E-state index >= 15 is 0 Å². The Labute approximate surface area is 101 Å². The SMILES string of the molecule is COCCn1nc(C)cc(CNC2CC2)c1=O. The van der Waals surface area contributed by atoms with Gasteiger partial charge in [-0.1, -0.05) is 0 Å². The van der Waals surface area contributed by atoms with Crippen LogP contribution in [0.15, 0.2) is 10.9 Å². The summed E-state index contributed by atoms with van der Waals surface area (Å²) in [6.07, 6.45) is 2.45. The van der Waals surface area contributed by atoms with E-state index < -0.39 is 0 Å². The summed E-state index contributed by atoms with van der Waals surface area (Å²) in [6.45, 7) is 3.56. The third-order valence-electron chi connectivity index (χ3n) is 2.84. The standard InChI is InChI=1S/C12H19N3O2/c1-9-7-10(8-13-11-3-4-11)12(16)15(14-9)5-6-17-2/h7,11,13H,3-6,8H2,1-2H3. The van der Waals surface area contributed by atoms with Gasteiger partial charge in [0.1, 0.15) is 0 Å². The Morgan fingerprint density at radius 1 is 1.59 bits per heavy atom. The van der Waals surface area contributed by atoms with Crippen molar-refractivity contribution in [3.8, 4) is 0 Å². The van der Waals surface area contributed by atoms with Crippen LogP contribution < -0.4 is 10.9 Å². The average molecular weight is 237 g/mol. The molecule has 1 heterocycles. The van der Waals surface area contributed by atoms with Crippen LogP contribution in [0.5, 0.6) is 0 Å². The normalized spacial score (nSPS) is 15.2. The molecule has 1 saturated carbocycles. The molecule has 17 heavy (non-hydrogen) atoms. The number of aromatic nitrogens is 2. The number of aryl methyl sites for hydroxylation is 1. The molecule has 5 heteroatoms. The zero-order chi connectivity index (χ0) is 12.3. The van der Waals surface area contributed by atoms with Crippen molar-refractivity contribution in [1.82, 2.24) is 15.1 Å². The second-order valence-corrected chi connectivity index (χ2v) is 4.49. The van der Waals surface area contributed by atoms with Crippen LogP contribution in [0, 0.1) is 6.92 Å². The highest BCUT2D eigenvalue weighted by atomic mass is 16.5. The summed E-state index contributed by atoms with van der Waals surface area (Å²) < 4.78 is 6.46. The molecular weight excluding hydrogens is 218 g/mol. The summed E-state index contributed by atoms with van der Waals surface area (Å²) in [5.41, 5.74) is 1.65. The highest BCUT2D eigenvalue weighted by Crippen LogP contribution is 2.18. The monoisotopic (exact) mass is 237 g/mol. The minimum Gasteiger partial charge on any atom is -0.383 e. The molecule has 1 aromatic heterocycles. The molecule has 94 valence electrons. The van der Waals surface area contributed by atoms with Crippen molar-refractivity contribution in [1.29, 1.82) is 0 Å². The van der Waals surface area contributed by atoms with Gasteiger partial charge in [0, 0.05) is 25.3 Å². The molecule has 1 aliphatic rings. The van der Waals surface area contributed by atoms with E-state index in [0.29, 0.717) is 25.7 Å². The quantitative estimate of drug-likeness (QED) is 0.780. The van der Waals surface area contributed by atoms with E-state index in [1.165, 1.54) is 17.5 Å². The number of ether oxygens (including phenoxy) is 1. The molecular formula is C12H19N3O2. The Morgan fingerprint density at radius 3 is 3.00 bits per heavy atom. The van der Waals surface area contributed by atoms with Crippen molar-refractivity contribution in [2.24, 2.45) is 0 Å². The van der Waals surface area contributed by atoms with Crippen LogP contribution >= 0.6 is 0 Å².